The van der Waals surface area contributed by atoms with E-state index in [-0.39, 0.29) is 0 Å². The maximum Gasteiger partial charge on any atom is 0.151 e. The summed E-state index contributed by atoms with van der Waals surface area (Å²) in [6, 6.07) is 0.700. The van der Waals surface area contributed by atoms with Crippen LogP contribution >= 0.6 is 0 Å². The van der Waals surface area contributed by atoms with E-state index in [4.69, 9.17) is 10.5 Å². The molecule has 110 valence electrons. The highest BCUT2D eigenvalue weighted by Crippen LogP contribution is 2.31. The van der Waals surface area contributed by atoms with Gasteiger partial charge >= 0.3 is 0 Å². The standard InChI is InChI=1S/C14H28N4O/c1-7-11(4)17(8-9-19-6)14-13(15)12(5)16-18(14)10(2)3/h10-11H,7-9,15H2,1-6H3. The summed E-state index contributed by atoms with van der Waals surface area (Å²) in [7, 11) is 1.73. The first-order chi connectivity index (χ1) is 8.93. The van der Waals surface area contributed by atoms with Crippen LogP contribution in [0.3, 0.4) is 0 Å². The number of methoxy groups -OCH3 is 1. The van der Waals surface area contributed by atoms with Crippen molar-refractivity contribution in [3.8, 4) is 0 Å². The zero-order valence-electron chi connectivity index (χ0n) is 13.1. The Morgan fingerprint density at radius 1 is 1.37 bits per heavy atom. The third kappa shape index (κ3) is 3.41. The van der Waals surface area contributed by atoms with Crippen LogP contribution in [-0.2, 0) is 4.74 Å². The molecule has 19 heavy (non-hydrogen) atoms. The second-order valence-corrected chi connectivity index (χ2v) is 5.30. The first kappa shape index (κ1) is 15.8. The second kappa shape index (κ2) is 6.80. The first-order valence-corrected chi connectivity index (χ1v) is 7.04. The Bertz CT molecular complexity index is 400. The van der Waals surface area contributed by atoms with Crippen molar-refractivity contribution in [2.75, 3.05) is 30.9 Å². The molecule has 0 amide bonds. The SMILES string of the molecule is CCC(C)N(CCOC)c1c(N)c(C)nn1C(C)C. The van der Waals surface area contributed by atoms with Crippen molar-refractivity contribution >= 4 is 11.5 Å². The average molecular weight is 268 g/mol. The molecule has 5 nitrogen and oxygen atoms in total. The van der Waals surface area contributed by atoms with Gasteiger partial charge in [-0.3, -0.25) is 0 Å². The molecule has 0 bridgehead atoms. The monoisotopic (exact) mass is 268 g/mol. The number of nitrogens with two attached hydrogens (primary N) is 1. The van der Waals surface area contributed by atoms with Crippen molar-refractivity contribution in [3.05, 3.63) is 5.69 Å². The van der Waals surface area contributed by atoms with Gasteiger partial charge in [-0.2, -0.15) is 5.10 Å². The van der Waals surface area contributed by atoms with E-state index in [2.05, 4.69) is 37.7 Å². The fraction of sp³-hybridized carbons (Fsp3) is 0.786. The zero-order chi connectivity index (χ0) is 14.6. The number of nitrogens with zero attached hydrogens (tertiary/aromatic N) is 3. The van der Waals surface area contributed by atoms with Gasteiger partial charge in [-0.1, -0.05) is 6.92 Å². The first-order valence-electron chi connectivity index (χ1n) is 7.04. The normalized spacial score (nSPS) is 13.0. The molecule has 0 spiro atoms. The quantitative estimate of drug-likeness (QED) is 0.826. The highest BCUT2D eigenvalue weighted by Gasteiger charge is 2.23. The van der Waals surface area contributed by atoms with Crippen LogP contribution in [0.5, 0.6) is 0 Å². The molecule has 0 aliphatic rings. The van der Waals surface area contributed by atoms with E-state index in [9.17, 15) is 0 Å². The number of aryl methyl sites for hydroxylation is 1. The van der Waals surface area contributed by atoms with Gasteiger partial charge in [0.1, 0.15) is 0 Å². The molecule has 1 unspecified atom stereocenters. The van der Waals surface area contributed by atoms with Crippen LogP contribution in [0.4, 0.5) is 11.5 Å². The number of anilines is 2. The fourth-order valence-corrected chi connectivity index (χ4v) is 2.14. The third-order valence-corrected chi connectivity index (χ3v) is 3.53. The highest BCUT2D eigenvalue weighted by molar-refractivity contribution is 5.66. The van der Waals surface area contributed by atoms with Gasteiger partial charge in [0.25, 0.3) is 0 Å². The molecular weight excluding hydrogens is 240 g/mol. The van der Waals surface area contributed by atoms with Crippen LogP contribution in [0.15, 0.2) is 0 Å². The summed E-state index contributed by atoms with van der Waals surface area (Å²) in [5.74, 6) is 1.03. The summed E-state index contributed by atoms with van der Waals surface area (Å²) in [5.41, 5.74) is 7.92. The molecule has 1 atom stereocenters. The highest BCUT2D eigenvalue weighted by atomic mass is 16.5. The maximum absolute atomic E-state index is 6.24. The summed E-state index contributed by atoms with van der Waals surface area (Å²) in [6.07, 6.45) is 1.06. The van der Waals surface area contributed by atoms with Crippen molar-refractivity contribution in [2.24, 2.45) is 0 Å². The molecule has 0 aliphatic carbocycles. The van der Waals surface area contributed by atoms with Gasteiger partial charge in [0, 0.05) is 25.7 Å². The molecular formula is C14H28N4O. The van der Waals surface area contributed by atoms with Crippen LogP contribution in [0.1, 0.15) is 45.9 Å². The van der Waals surface area contributed by atoms with Crippen molar-refractivity contribution < 1.29 is 4.74 Å². The summed E-state index contributed by atoms with van der Waals surface area (Å²) >= 11 is 0. The van der Waals surface area contributed by atoms with Gasteiger partial charge in [-0.05, 0) is 34.1 Å². The lowest BCUT2D eigenvalue weighted by molar-refractivity contribution is 0.202. The summed E-state index contributed by atoms with van der Waals surface area (Å²) in [5, 5.41) is 4.56. The predicted molar refractivity (Wildman–Crippen MR) is 80.7 cm³/mol. The van der Waals surface area contributed by atoms with Crippen LogP contribution in [0, 0.1) is 6.92 Å². The average Bonchev–Trinajstić information content (AvgIpc) is 2.67. The van der Waals surface area contributed by atoms with Gasteiger partial charge in [0.05, 0.1) is 18.0 Å². The lowest BCUT2D eigenvalue weighted by Crippen LogP contribution is -2.37. The number of aromatic nitrogens is 2. The van der Waals surface area contributed by atoms with E-state index >= 15 is 0 Å². The van der Waals surface area contributed by atoms with Crippen molar-refractivity contribution in [1.82, 2.24) is 9.78 Å². The Balaban J connectivity index is 3.20. The number of hydrogen-bond donors (Lipinski definition) is 1. The smallest absolute Gasteiger partial charge is 0.151 e. The summed E-state index contributed by atoms with van der Waals surface area (Å²) < 4.78 is 7.24. The lowest BCUT2D eigenvalue weighted by Gasteiger charge is -2.32. The van der Waals surface area contributed by atoms with E-state index < -0.39 is 0 Å². The van der Waals surface area contributed by atoms with E-state index in [1.807, 2.05) is 11.6 Å². The Kier molecular flexibility index (Phi) is 5.66. The Hall–Kier alpha value is -1.23. The molecule has 0 saturated heterocycles. The summed E-state index contributed by atoms with van der Waals surface area (Å²) in [6.45, 7) is 12.1. The molecule has 1 heterocycles. The van der Waals surface area contributed by atoms with Gasteiger partial charge in [-0.25, -0.2) is 4.68 Å². The van der Waals surface area contributed by atoms with Crippen LogP contribution in [0.2, 0.25) is 0 Å². The molecule has 0 fully saturated rings. The minimum absolute atomic E-state index is 0.292. The Morgan fingerprint density at radius 2 is 2.00 bits per heavy atom. The Labute approximate surface area is 116 Å². The van der Waals surface area contributed by atoms with Crippen molar-refractivity contribution in [1.29, 1.82) is 0 Å². The Morgan fingerprint density at radius 3 is 2.47 bits per heavy atom. The maximum atomic E-state index is 6.24. The molecule has 1 aromatic heterocycles. The van der Waals surface area contributed by atoms with Gasteiger partial charge in [0.2, 0.25) is 0 Å². The van der Waals surface area contributed by atoms with E-state index in [1.54, 1.807) is 7.11 Å². The fourth-order valence-electron chi connectivity index (χ4n) is 2.14. The van der Waals surface area contributed by atoms with Crippen molar-refractivity contribution in [2.45, 2.75) is 53.1 Å². The summed E-state index contributed by atoms with van der Waals surface area (Å²) in [4.78, 5) is 2.30. The minimum Gasteiger partial charge on any atom is -0.394 e. The number of hydrogen-bond acceptors (Lipinski definition) is 4. The van der Waals surface area contributed by atoms with Crippen LogP contribution in [-0.4, -0.2) is 36.1 Å². The molecule has 0 radical (unpaired) electrons. The third-order valence-electron chi connectivity index (χ3n) is 3.53. The molecule has 0 saturated carbocycles. The molecule has 0 aromatic carbocycles. The van der Waals surface area contributed by atoms with Crippen molar-refractivity contribution in [3.63, 3.8) is 0 Å². The second-order valence-electron chi connectivity index (χ2n) is 5.30. The molecule has 1 aromatic rings. The topological polar surface area (TPSA) is 56.3 Å². The number of ether oxygens (including phenoxy) is 1. The van der Waals surface area contributed by atoms with Gasteiger partial charge in [0.15, 0.2) is 5.82 Å². The van der Waals surface area contributed by atoms with Crippen LogP contribution in [0.25, 0.3) is 0 Å². The predicted octanol–water partition coefficient (Wildman–Crippen LogP) is 2.61. The molecule has 2 N–H and O–H groups in total. The van der Waals surface area contributed by atoms with Crippen LogP contribution < -0.4 is 10.6 Å². The van der Waals surface area contributed by atoms with E-state index in [0.717, 1.165) is 30.2 Å². The largest absolute Gasteiger partial charge is 0.394 e. The molecule has 0 aliphatic heterocycles. The van der Waals surface area contributed by atoms with Gasteiger partial charge in [-0.15, -0.1) is 0 Å². The van der Waals surface area contributed by atoms with Gasteiger partial charge < -0.3 is 15.4 Å². The van der Waals surface area contributed by atoms with E-state index in [0.29, 0.717) is 18.7 Å². The molecule has 1 rings (SSSR count). The molecule has 5 heteroatoms. The zero-order valence-corrected chi connectivity index (χ0v) is 13.1. The lowest BCUT2D eigenvalue weighted by atomic mass is 10.2. The number of nitrogen functional groups attached to an aromatic ring is 1. The number of rotatable bonds is 7. The van der Waals surface area contributed by atoms with E-state index in [1.165, 1.54) is 0 Å². The minimum atomic E-state index is 0.292.